The average Bonchev–Trinajstić information content (AvgIpc) is 2.95. The average molecular weight is 370 g/mol. The third-order valence-corrected chi connectivity index (χ3v) is 4.94. The molecule has 134 valence electrons. The second-order valence-electron chi connectivity index (χ2n) is 6.13. The number of carbonyl (C=O) groups excluding carboxylic acids is 2. The largest absolute Gasteiger partial charge is 0.465 e. The Labute approximate surface area is 157 Å². The van der Waals surface area contributed by atoms with Crippen LogP contribution in [0.25, 0.3) is 10.9 Å². The number of aromatic nitrogens is 1. The number of hydrogen-bond donors (Lipinski definition) is 0. The number of methoxy groups -OCH3 is 1. The van der Waals surface area contributed by atoms with Gasteiger partial charge in [-0.2, -0.15) is 0 Å². The first kappa shape index (κ1) is 18.2. The normalized spacial score (nSPS) is 10.9. The first-order valence-electron chi connectivity index (χ1n) is 8.45. The van der Waals surface area contributed by atoms with Crippen LogP contribution in [0.2, 0.25) is 5.02 Å². The number of halogens is 1. The van der Waals surface area contributed by atoms with Gasteiger partial charge in [0.15, 0.2) is 5.78 Å². The van der Waals surface area contributed by atoms with E-state index in [1.54, 1.807) is 19.1 Å². The molecule has 26 heavy (non-hydrogen) atoms. The van der Waals surface area contributed by atoms with Gasteiger partial charge < -0.3 is 9.30 Å². The second kappa shape index (κ2) is 7.34. The van der Waals surface area contributed by atoms with Crippen molar-refractivity contribution in [3.05, 3.63) is 69.9 Å². The molecular weight excluding hydrogens is 350 g/mol. The number of fused-ring (bicyclic) bond motifs is 1. The summed E-state index contributed by atoms with van der Waals surface area (Å²) in [7, 11) is 1.35. The van der Waals surface area contributed by atoms with E-state index in [1.807, 2.05) is 37.3 Å². The molecule has 3 aromatic rings. The van der Waals surface area contributed by atoms with Gasteiger partial charge in [0.25, 0.3) is 0 Å². The van der Waals surface area contributed by atoms with E-state index < -0.39 is 5.97 Å². The molecule has 0 fully saturated rings. The molecule has 0 aliphatic rings. The van der Waals surface area contributed by atoms with Crippen LogP contribution in [0.5, 0.6) is 0 Å². The summed E-state index contributed by atoms with van der Waals surface area (Å²) in [5.74, 6) is -0.393. The van der Waals surface area contributed by atoms with E-state index in [4.69, 9.17) is 16.3 Å². The van der Waals surface area contributed by atoms with Crippen LogP contribution < -0.4 is 0 Å². The van der Waals surface area contributed by atoms with Crippen molar-refractivity contribution in [3.63, 3.8) is 0 Å². The fourth-order valence-electron chi connectivity index (χ4n) is 3.39. The summed E-state index contributed by atoms with van der Waals surface area (Å²) in [4.78, 5) is 24.3. The Morgan fingerprint density at radius 2 is 1.88 bits per heavy atom. The van der Waals surface area contributed by atoms with Gasteiger partial charge >= 0.3 is 5.97 Å². The van der Waals surface area contributed by atoms with Crippen molar-refractivity contribution in [1.82, 2.24) is 4.57 Å². The van der Waals surface area contributed by atoms with Crippen LogP contribution in [0.15, 0.2) is 42.5 Å². The fourth-order valence-corrected chi connectivity index (χ4v) is 3.58. The highest BCUT2D eigenvalue weighted by molar-refractivity contribution is 6.31. The Bertz CT molecular complexity index is 1000. The number of ether oxygens (including phenoxy) is 1. The Morgan fingerprint density at radius 1 is 1.15 bits per heavy atom. The Hall–Kier alpha value is -2.59. The highest BCUT2D eigenvalue weighted by atomic mass is 35.5. The van der Waals surface area contributed by atoms with Crippen molar-refractivity contribution in [2.24, 2.45) is 0 Å². The van der Waals surface area contributed by atoms with E-state index in [-0.39, 0.29) is 5.78 Å². The van der Waals surface area contributed by atoms with Crippen molar-refractivity contribution < 1.29 is 14.3 Å². The number of rotatable bonds is 5. The third kappa shape index (κ3) is 3.13. The summed E-state index contributed by atoms with van der Waals surface area (Å²) in [5.41, 5.74) is 3.88. The van der Waals surface area contributed by atoms with E-state index >= 15 is 0 Å². The lowest BCUT2D eigenvalue weighted by Crippen LogP contribution is -2.07. The minimum Gasteiger partial charge on any atom is -0.465 e. The van der Waals surface area contributed by atoms with Gasteiger partial charge in [-0.25, -0.2) is 4.79 Å². The van der Waals surface area contributed by atoms with E-state index in [0.29, 0.717) is 29.1 Å². The van der Waals surface area contributed by atoms with Crippen molar-refractivity contribution in [2.75, 3.05) is 7.11 Å². The molecule has 0 saturated carbocycles. The zero-order valence-corrected chi connectivity index (χ0v) is 15.8. The molecule has 0 unspecified atom stereocenters. The molecular formula is C21H20ClNO3. The molecule has 0 N–H and O–H groups in total. The van der Waals surface area contributed by atoms with Gasteiger partial charge in [0.1, 0.15) is 0 Å². The van der Waals surface area contributed by atoms with Gasteiger partial charge in [-0.3, -0.25) is 4.79 Å². The number of Topliss-reactive ketones (excluding diaryl/α,β-unsaturated/α-hetero) is 1. The van der Waals surface area contributed by atoms with Gasteiger partial charge in [-0.1, -0.05) is 42.8 Å². The SMILES string of the molecule is CCc1c(C(C)=O)c2ccc(C(=O)OC)cc2n1Cc1ccccc1Cl. The number of carbonyl (C=O) groups is 2. The van der Waals surface area contributed by atoms with Crippen molar-refractivity contribution in [2.45, 2.75) is 26.8 Å². The molecule has 5 heteroatoms. The zero-order valence-electron chi connectivity index (χ0n) is 15.0. The molecule has 0 aliphatic heterocycles. The van der Waals surface area contributed by atoms with Gasteiger partial charge in [0.05, 0.1) is 18.2 Å². The lowest BCUT2D eigenvalue weighted by molar-refractivity contribution is 0.0600. The number of hydrogen-bond acceptors (Lipinski definition) is 3. The molecule has 1 heterocycles. The molecule has 4 nitrogen and oxygen atoms in total. The standard InChI is InChI=1S/C21H20ClNO3/c1-4-18-20(13(2)24)16-10-9-14(21(25)26-3)11-19(16)23(18)12-15-7-5-6-8-17(15)22/h5-11H,4,12H2,1-3H3. The topological polar surface area (TPSA) is 48.3 Å². The third-order valence-electron chi connectivity index (χ3n) is 4.57. The summed E-state index contributed by atoms with van der Waals surface area (Å²) in [5, 5.41) is 1.51. The quantitative estimate of drug-likeness (QED) is 0.475. The molecule has 0 bridgehead atoms. The van der Waals surface area contributed by atoms with Crippen molar-refractivity contribution >= 4 is 34.3 Å². The van der Waals surface area contributed by atoms with Gasteiger partial charge in [0.2, 0.25) is 0 Å². The maximum Gasteiger partial charge on any atom is 0.337 e. The number of ketones is 1. The summed E-state index contributed by atoms with van der Waals surface area (Å²) < 4.78 is 6.91. The minimum absolute atomic E-state index is 0.00979. The molecule has 0 aliphatic carbocycles. The maximum atomic E-state index is 12.3. The summed E-state index contributed by atoms with van der Waals surface area (Å²) in [6.45, 7) is 4.12. The minimum atomic E-state index is -0.403. The van der Waals surface area contributed by atoms with Crippen LogP contribution in [0.3, 0.4) is 0 Å². The van der Waals surface area contributed by atoms with Crippen molar-refractivity contribution in [1.29, 1.82) is 0 Å². The molecule has 0 radical (unpaired) electrons. The molecule has 0 atom stereocenters. The first-order chi connectivity index (χ1) is 12.5. The van der Waals surface area contributed by atoms with E-state index in [1.165, 1.54) is 7.11 Å². The van der Waals surface area contributed by atoms with E-state index in [2.05, 4.69) is 4.57 Å². The highest BCUT2D eigenvalue weighted by Gasteiger charge is 2.21. The lowest BCUT2D eigenvalue weighted by Gasteiger charge is -2.12. The second-order valence-corrected chi connectivity index (χ2v) is 6.54. The number of esters is 1. The van der Waals surface area contributed by atoms with Crippen LogP contribution in [-0.2, 0) is 17.7 Å². The first-order valence-corrected chi connectivity index (χ1v) is 8.83. The lowest BCUT2D eigenvalue weighted by atomic mass is 10.0. The van der Waals surface area contributed by atoms with Crippen LogP contribution in [-0.4, -0.2) is 23.4 Å². The highest BCUT2D eigenvalue weighted by Crippen LogP contribution is 2.30. The molecule has 3 rings (SSSR count). The predicted molar refractivity (Wildman–Crippen MR) is 103 cm³/mol. The van der Waals surface area contributed by atoms with Gasteiger partial charge in [-0.15, -0.1) is 0 Å². The van der Waals surface area contributed by atoms with E-state index in [0.717, 1.165) is 22.2 Å². The van der Waals surface area contributed by atoms with Crippen LogP contribution in [0, 0.1) is 0 Å². The van der Waals surface area contributed by atoms with Gasteiger partial charge in [-0.05, 0) is 37.1 Å². The Balaban J connectivity index is 2.28. The molecule has 2 aromatic carbocycles. The summed E-state index contributed by atoms with van der Waals surface area (Å²) >= 11 is 6.34. The van der Waals surface area contributed by atoms with Crippen LogP contribution >= 0.6 is 11.6 Å². The van der Waals surface area contributed by atoms with Gasteiger partial charge in [0, 0.05) is 28.2 Å². The zero-order chi connectivity index (χ0) is 18.8. The van der Waals surface area contributed by atoms with Crippen LogP contribution in [0.4, 0.5) is 0 Å². The molecule has 0 spiro atoms. The smallest absolute Gasteiger partial charge is 0.337 e. The molecule has 1 aromatic heterocycles. The summed E-state index contributed by atoms with van der Waals surface area (Å²) in [6, 6.07) is 12.9. The maximum absolute atomic E-state index is 12.3. The fraction of sp³-hybridized carbons (Fsp3) is 0.238. The number of benzene rings is 2. The van der Waals surface area contributed by atoms with Crippen LogP contribution in [0.1, 0.15) is 45.8 Å². The molecule has 0 saturated heterocycles. The predicted octanol–water partition coefficient (Wildman–Crippen LogP) is 4.89. The van der Waals surface area contributed by atoms with E-state index in [9.17, 15) is 9.59 Å². The monoisotopic (exact) mass is 369 g/mol. The summed E-state index contributed by atoms with van der Waals surface area (Å²) in [6.07, 6.45) is 0.696. The van der Waals surface area contributed by atoms with Crippen molar-refractivity contribution in [3.8, 4) is 0 Å². The number of nitrogens with zero attached hydrogens (tertiary/aromatic N) is 1. The Morgan fingerprint density at radius 3 is 2.50 bits per heavy atom. The Kier molecular flexibility index (Phi) is 5.14. The molecule has 0 amide bonds.